The van der Waals surface area contributed by atoms with Crippen LogP contribution in [0.3, 0.4) is 0 Å². The minimum Gasteiger partial charge on any atom is -0.380 e. The van der Waals surface area contributed by atoms with Crippen LogP contribution >= 0.6 is 0 Å². The van der Waals surface area contributed by atoms with E-state index in [1.807, 2.05) is 18.2 Å². The molecule has 5 heteroatoms. The molecule has 2 aromatic rings. The van der Waals surface area contributed by atoms with Gasteiger partial charge in [-0.05, 0) is 36.1 Å². The third-order valence-electron chi connectivity index (χ3n) is 3.63. The Labute approximate surface area is 125 Å². The first kappa shape index (κ1) is 13.9. The van der Waals surface area contributed by atoms with Crippen LogP contribution in [0.5, 0.6) is 0 Å². The molecule has 0 fully saturated rings. The number of nitrogens with one attached hydrogen (secondary N) is 2. The van der Waals surface area contributed by atoms with E-state index < -0.39 is 10.0 Å². The van der Waals surface area contributed by atoms with E-state index in [0.717, 1.165) is 24.8 Å². The molecule has 0 spiro atoms. The van der Waals surface area contributed by atoms with Crippen LogP contribution in [0.2, 0.25) is 0 Å². The van der Waals surface area contributed by atoms with Crippen molar-refractivity contribution in [1.29, 1.82) is 0 Å². The standard InChI is InChI=1S/C16H18N2O2S/c1-21(19,20)18-16-9-5-4-8-15(16)17-14-10-12-6-2-3-7-13(12)11-14/h2-9,14,17-18H,10-11H2,1H3. The van der Waals surface area contributed by atoms with E-state index in [4.69, 9.17) is 0 Å². The minimum absolute atomic E-state index is 0.296. The van der Waals surface area contributed by atoms with Gasteiger partial charge in [-0.2, -0.15) is 0 Å². The smallest absolute Gasteiger partial charge is 0.229 e. The molecular weight excluding hydrogens is 284 g/mol. The maximum atomic E-state index is 11.4. The zero-order valence-electron chi connectivity index (χ0n) is 11.8. The molecule has 21 heavy (non-hydrogen) atoms. The number of fused-ring (bicyclic) bond motifs is 1. The van der Waals surface area contributed by atoms with E-state index in [9.17, 15) is 8.42 Å². The van der Waals surface area contributed by atoms with Gasteiger partial charge in [-0.1, -0.05) is 36.4 Å². The summed E-state index contributed by atoms with van der Waals surface area (Å²) in [5.41, 5.74) is 4.14. The molecule has 0 atom stereocenters. The van der Waals surface area contributed by atoms with Crippen molar-refractivity contribution in [2.75, 3.05) is 16.3 Å². The van der Waals surface area contributed by atoms with Crippen molar-refractivity contribution in [1.82, 2.24) is 0 Å². The van der Waals surface area contributed by atoms with Crippen LogP contribution in [0.4, 0.5) is 11.4 Å². The second kappa shape index (κ2) is 5.41. The third kappa shape index (κ3) is 3.36. The van der Waals surface area contributed by atoms with Crippen molar-refractivity contribution in [3.8, 4) is 0 Å². The summed E-state index contributed by atoms with van der Waals surface area (Å²) in [4.78, 5) is 0. The molecule has 110 valence electrons. The van der Waals surface area contributed by atoms with Crippen molar-refractivity contribution < 1.29 is 8.42 Å². The van der Waals surface area contributed by atoms with Gasteiger partial charge in [-0.3, -0.25) is 4.72 Å². The van der Waals surface area contributed by atoms with Gasteiger partial charge in [0.25, 0.3) is 0 Å². The predicted molar refractivity (Wildman–Crippen MR) is 86.2 cm³/mol. The van der Waals surface area contributed by atoms with Crippen molar-refractivity contribution in [2.24, 2.45) is 0 Å². The average Bonchev–Trinajstić information content (AvgIpc) is 2.81. The van der Waals surface area contributed by atoms with Crippen LogP contribution in [0, 0.1) is 0 Å². The fourth-order valence-corrected chi connectivity index (χ4v) is 3.36. The SMILES string of the molecule is CS(=O)(=O)Nc1ccccc1NC1Cc2ccccc2C1. The zero-order chi connectivity index (χ0) is 14.9. The van der Waals surface area contributed by atoms with Gasteiger partial charge < -0.3 is 5.32 Å². The number of rotatable bonds is 4. The average molecular weight is 302 g/mol. The number of hydrogen-bond donors (Lipinski definition) is 2. The van der Waals surface area contributed by atoms with E-state index >= 15 is 0 Å². The van der Waals surface area contributed by atoms with Gasteiger partial charge in [0, 0.05) is 6.04 Å². The number of para-hydroxylation sites is 2. The molecule has 0 heterocycles. The Kier molecular flexibility index (Phi) is 3.59. The van der Waals surface area contributed by atoms with Crippen molar-refractivity contribution in [3.05, 3.63) is 59.7 Å². The van der Waals surface area contributed by atoms with Crippen molar-refractivity contribution >= 4 is 21.4 Å². The highest BCUT2D eigenvalue weighted by Crippen LogP contribution is 2.28. The normalized spacial score (nSPS) is 14.7. The first-order valence-electron chi connectivity index (χ1n) is 6.91. The van der Waals surface area contributed by atoms with E-state index in [1.165, 1.54) is 11.1 Å². The number of sulfonamides is 1. The molecule has 1 aliphatic carbocycles. The van der Waals surface area contributed by atoms with E-state index in [0.29, 0.717) is 11.7 Å². The molecule has 4 nitrogen and oxygen atoms in total. The first-order chi connectivity index (χ1) is 10.0. The Morgan fingerprint density at radius 1 is 0.905 bits per heavy atom. The Morgan fingerprint density at radius 2 is 1.43 bits per heavy atom. The number of hydrogen-bond acceptors (Lipinski definition) is 3. The molecule has 0 bridgehead atoms. The van der Waals surface area contributed by atoms with Crippen LogP contribution < -0.4 is 10.0 Å². The summed E-state index contributed by atoms with van der Waals surface area (Å²) in [5, 5.41) is 3.45. The molecule has 0 unspecified atom stereocenters. The van der Waals surface area contributed by atoms with Crippen LogP contribution in [0.25, 0.3) is 0 Å². The summed E-state index contributed by atoms with van der Waals surface area (Å²) < 4.78 is 25.4. The predicted octanol–water partition coefficient (Wildman–Crippen LogP) is 2.64. The summed E-state index contributed by atoms with van der Waals surface area (Å²) in [6.07, 6.45) is 3.09. The number of anilines is 2. The summed E-state index contributed by atoms with van der Waals surface area (Å²) in [6.45, 7) is 0. The molecule has 0 saturated heterocycles. The zero-order valence-corrected chi connectivity index (χ0v) is 12.7. The molecule has 2 N–H and O–H groups in total. The van der Waals surface area contributed by atoms with Crippen LogP contribution in [0.1, 0.15) is 11.1 Å². The first-order valence-corrected chi connectivity index (χ1v) is 8.80. The van der Waals surface area contributed by atoms with Crippen LogP contribution in [-0.2, 0) is 22.9 Å². The quantitative estimate of drug-likeness (QED) is 0.913. The summed E-state index contributed by atoms with van der Waals surface area (Å²) in [6, 6.07) is 16.1. The Morgan fingerprint density at radius 3 is 2.00 bits per heavy atom. The van der Waals surface area contributed by atoms with E-state index in [1.54, 1.807) is 6.07 Å². The van der Waals surface area contributed by atoms with Gasteiger partial charge in [-0.25, -0.2) is 8.42 Å². The largest absolute Gasteiger partial charge is 0.380 e. The summed E-state index contributed by atoms with van der Waals surface area (Å²) >= 11 is 0. The fraction of sp³-hybridized carbons (Fsp3) is 0.250. The number of benzene rings is 2. The van der Waals surface area contributed by atoms with E-state index in [-0.39, 0.29) is 0 Å². The maximum Gasteiger partial charge on any atom is 0.229 e. The lowest BCUT2D eigenvalue weighted by molar-refractivity contribution is 0.607. The highest BCUT2D eigenvalue weighted by atomic mass is 32.2. The summed E-state index contributed by atoms with van der Waals surface area (Å²) in [7, 11) is -3.28. The highest BCUT2D eigenvalue weighted by Gasteiger charge is 2.21. The molecule has 0 radical (unpaired) electrons. The molecule has 1 aliphatic rings. The molecule has 0 saturated carbocycles. The Bertz CT molecular complexity index is 731. The molecule has 0 aromatic heterocycles. The van der Waals surface area contributed by atoms with Gasteiger partial charge in [0.05, 0.1) is 17.6 Å². The topological polar surface area (TPSA) is 58.2 Å². The third-order valence-corrected chi connectivity index (χ3v) is 4.22. The minimum atomic E-state index is -3.28. The van der Waals surface area contributed by atoms with Crippen molar-refractivity contribution in [2.45, 2.75) is 18.9 Å². The molecular formula is C16H18N2O2S. The molecule has 2 aromatic carbocycles. The van der Waals surface area contributed by atoms with Crippen LogP contribution in [-0.4, -0.2) is 20.7 Å². The summed E-state index contributed by atoms with van der Waals surface area (Å²) in [5.74, 6) is 0. The Balaban J connectivity index is 1.78. The Hall–Kier alpha value is -2.01. The van der Waals surface area contributed by atoms with Gasteiger partial charge in [0.2, 0.25) is 10.0 Å². The lowest BCUT2D eigenvalue weighted by Crippen LogP contribution is -2.21. The highest BCUT2D eigenvalue weighted by molar-refractivity contribution is 7.92. The van der Waals surface area contributed by atoms with Gasteiger partial charge in [0.1, 0.15) is 0 Å². The maximum absolute atomic E-state index is 11.4. The van der Waals surface area contributed by atoms with Gasteiger partial charge in [0.15, 0.2) is 0 Å². The van der Waals surface area contributed by atoms with E-state index in [2.05, 4.69) is 34.3 Å². The second-order valence-electron chi connectivity index (χ2n) is 5.44. The second-order valence-corrected chi connectivity index (χ2v) is 7.19. The molecule has 3 rings (SSSR count). The fourth-order valence-electron chi connectivity index (χ4n) is 2.78. The van der Waals surface area contributed by atoms with Gasteiger partial charge in [-0.15, -0.1) is 0 Å². The van der Waals surface area contributed by atoms with Crippen LogP contribution in [0.15, 0.2) is 48.5 Å². The molecule has 0 amide bonds. The lowest BCUT2D eigenvalue weighted by atomic mass is 10.1. The molecule has 0 aliphatic heterocycles. The monoisotopic (exact) mass is 302 g/mol. The lowest BCUT2D eigenvalue weighted by Gasteiger charge is -2.17. The van der Waals surface area contributed by atoms with Crippen molar-refractivity contribution in [3.63, 3.8) is 0 Å². The van der Waals surface area contributed by atoms with Gasteiger partial charge >= 0.3 is 0 Å².